The lowest BCUT2D eigenvalue weighted by atomic mass is 10.00. The van der Waals surface area contributed by atoms with Gasteiger partial charge < -0.3 is 19.6 Å². The molecular weight excluding hydrogens is 311 g/mol. The van der Waals surface area contributed by atoms with E-state index in [1.54, 1.807) is 12.1 Å². The van der Waals surface area contributed by atoms with E-state index in [9.17, 15) is 5.11 Å². The predicted molar refractivity (Wildman–Crippen MR) is 95.1 cm³/mol. The Labute approximate surface area is 139 Å². The van der Waals surface area contributed by atoms with Crippen molar-refractivity contribution in [3.05, 3.63) is 64.5 Å². The van der Waals surface area contributed by atoms with Crippen molar-refractivity contribution in [2.24, 2.45) is 0 Å². The monoisotopic (exact) mass is 336 g/mol. The van der Waals surface area contributed by atoms with Crippen molar-refractivity contribution in [1.29, 1.82) is 0 Å². The minimum atomic E-state index is -2.07. The van der Waals surface area contributed by atoms with Crippen LogP contribution in [0.2, 0.25) is 0 Å². The summed E-state index contributed by atoms with van der Waals surface area (Å²) in [6.07, 6.45) is 6.20. The molecule has 1 aromatic carbocycles. The Balaban J connectivity index is 2.91. The van der Waals surface area contributed by atoms with Gasteiger partial charge in [-0.05, 0) is 69.0 Å². The molecule has 0 aromatic heterocycles. The molecule has 1 rings (SSSR count). The number of hydrogen-bond acceptors (Lipinski definition) is 4. The van der Waals surface area contributed by atoms with E-state index in [0.29, 0.717) is 11.5 Å². The summed E-state index contributed by atoms with van der Waals surface area (Å²) in [6, 6.07) is 5.60. The number of aromatic hydroxyl groups is 1. The SMILES string of the molecule is C/C=C/C(=C\C(C)=C(/C)Cc1ccc(O)c(C)c1)OCP(O)O. The third kappa shape index (κ3) is 7.00. The van der Waals surface area contributed by atoms with Gasteiger partial charge in [0.15, 0.2) is 6.35 Å². The fraction of sp³-hybridized carbons (Fsp3) is 0.333. The zero-order chi connectivity index (χ0) is 17.4. The van der Waals surface area contributed by atoms with Crippen LogP contribution in [0.4, 0.5) is 0 Å². The fourth-order valence-electron chi connectivity index (χ4n) is 2.04. The number of phenols is 1. The molecule has 0 atom stereocenters. The molecule has 1 aromatic rings. The van der Waals surface area contributed by atoms with Crippen LogP contribution in [0.25, 0.3) is 0 Å². The summed E-state index contributed by atoms with van der Waals surface area (Å²) in [5.41, 5.74) is 4.23. The van der Waals surface area contributed by atoms with Crippen LogP contribution >= 0.6 is 8.38 Å². The number of benzene rings is 1. The van der Waals surface area contributed by atoms with Crippen LogP contribution in [0.5, 0.6) is 5.75 Å². The standard InChI is InChI=1S/C18H25O4P/c1-5-6-17(22-12-23(20)21)11-14(3)13(2)9-16-7-8-18(19)15(4)10-16/h5-8,10-11,19-21H,9,12H2,1-4H3/b6-5+,14-13+,17-11+. The van der Waals surface area contributed by atoms with Crippen LogP contribution in [0.3, 0.4) is 0 Å². The molecule has 0 bridgehead atoms. The van der Waals surface area contributed by atoms with Gasteiger partial charge in [0.2, 0.25) is 8.38 Å². The van der Waals surface area contributed by atoms with E-state index >= 15 is 0 Å². The van der Waals surface area contributed by atoms with Gasteiger partial charge >= 0.3 is 0 Å². The van der Waals surface area contributed by atoms with E-state index in [1.807, 2.05) is 52.0 Å². The topological polar surface area (TPSA) is 69.9 Å². The molecular formula is C18H25O4P. The van der Waals surface area contributed by atoms with Crippen molar-refractivity contribution >= 4 is 8.38 Å². The Morgan fingerprint density at radius 3 is 2.52 bits per heavy atom. The molecule has 126 valence electrons. The highest BCUT2D eigenvalue weighted by molar-refractivity contribution is 7.44. The smallest absolute Gasteiger partial charge is 0.205 e. The van der Waals surface area contributed by atoms with Gasteiger partial charge in [-0.25, -0.2) is 0 Å². The second-order valence-corrected chi connectivity index (χ2v) is 6.46. The summed E-state index contributed by atoms with van der Waals surface area (Å²) in [5.74, 6) is 0.905. The molecule has 0 aliphatic carbocycles. The molecule has 0 aliphatic heterocycles. The van der Waals surface area contributed by atoms with Crippen molar-refractivity contribution in [1.82, 2.24) is 0 Å². The highest BCUT2D eigenvalue weighted by atomic mass is 31.2. The van der Waals surface area contributed by atoms with Gasteiger partial charge in [-0.3, -0.25) is 0 Å². The van der Waals surface area contributed by atoms with Gasteiger partial charge in [0, 0.05) is 0 Å². The Bertz CT molecular complexity index is 615. The maximum absolute atomic E-state index is 9.58. The van der Waals surface area contributed by atoms with E-state index in [-0.39, 0.29) is 6.35 Å². The molecule has 0 aliphatic rings. The molecule has 23 heavy (non-hydrogen) atoms. The lowest BCUT2D eigenvalue weighted by Crippen LogP contribution is -1.94. The van der Waals surface area contributed by atoms with Gasteiger partial charge in [-0.1, -0.05) is 23.8 Å². The lowest BCUT2D eigenvalue weighted by Gasteiger charge is -2.10. The van der Waals surface area contributed by atoms with Gasteiger partial charge in [-0.15, -0.1) is 0 Å². The summed E-state index contributed by atoms with van der Waals surface area (Å²) in [4.78, 5) is 17.9. The Morgan fingerprint density at radius 2 is 1.96 bits per heavy atom. The second-order valence-electron chi connectivity index (χ2n) is 5.45. The Hall–Kier alpha value is -1.61. The van der Waals surface area contributed by atoms with Crippen LogP contribution < -0.4 is 0 Å². The lowest BCUT2D eigenvalue weighted by molar-refractivity contribution is 0.261. The molecule has 0 radical (unpaired) electrons. The Morgan fingerprint density at radius 1 is 1.26 bits per heavy atom. The zero-order valence-electron chi connectivity index (χ0n) is 14.1. The van der Waals surface area contributed by atoms with E-state index in [0.717, 1.165) is 23.1 Å². The minimum Gasteiger partial charge on any atom is -0.508 e. The molecule has 5 heteroatoms. The van der Waals surface area contributed by atoms with E-state index in [4.69, 9.17) is 14.5 Å². The first-order valence-corrected chi connectivity index (χ1v) is 8.84. The van der Waals surface area contributed by atoms with Crippen LogP contribution in [0, 0.1) is 6.92 Å². The quantitative estimate of drug-likeness (QED) is 0.394. The normalized spacial score (nSPS) is 13.6. The first kappa shape index (κ1) is 19.4. The molecule has 4 nitrogen and oxygen atoms in total. The van der Waals surface area contributed by atoms with Crippen LogP contribution in [-0.4, -0.2) is 21.2 Å². The minimum absolute atomic E-state index is 0.102. The van der Waals surface area contributed by atoms with Crippen molar-refractivity contribution < 1.29 is 19.6 Å². The first-order chi connectivity index (χ1) is 10.8. The maximum atomic E-state index is 9.58. The zero-order valence-corrected chi connectivity index (χ0v) is 15.0. The number of phenolic OH excluding ortho intramolecular Hbond substituents is 1. The van der Waals surface area contributed by atoms with Gasteiger partial charge in [0.25, 0.3) is 0 Å². The van der Waals surface area contributed by atoms with E-state index in [1.165, 1.54) is 5.57 Å². The maximum Gasteiger partial charge on any atom is 0.205 e. The highest BCUT2D eigenvalue weighted by Crippen LogP contribution is 2.25. The van der Waals surface area contributed by atoms with Crippen LogP contribution in [0.1, 0.15) is 31.9 Å². The third-order valence-electron chi connectivity index (χ3n) is 3.44. The summed E-state index contributed by atoms with van der Waals surface area (Å²) in [6.45, 7) is 7.80. The molecule has 3 N–H and O–H groups in total. The molecule has 0 amide bonds. The Kier molecular flexibility index (Phi) is 8.04. The van der Waals surface area contributed by atoms with Crippen molar-refractivity contribution in [2.75, 3.05) is 6.35 Å². The highest BCUT2D eigenvalue weighted by Gasteiger charge is 2.04. The van der Waals surface area contributed by atoms with Crippen LogP contribution in [0.15, 0.2) is 53.3 Å². The largest absolute Gasteiger partial charge is 0.508 e. The van der Waals surface area contributed by atoms with Gasteiger partial charge in [0.1, 0.15) is 11.5 Å². The third-order valence-corrected chi connectivity index (χ3v) is 3.80. The van der Waals surface area contributed by atoms with Crippen molar-refractivity contribution in [3.63, 3.8) is 0 Å². The first-order valence-electron chi connectivity index (χ1n) is 7.40. The summed E-state index contributed by atoms with van der Waals surface area (Å²) in [7, 11) is -2.07. The average molecular weight is 336 g/mol. The summed E-state index contributed by atoms with van der Waals surface area (Å²) in [5, 5.41) is 9.58. The number of allylic oxidation sites excluding steroid dienone is 5. The number of hydrogen-bond donors (Lipinski definition) is 3. The molecule has 0 saturated heterocycles. The second kappa shape index (κ2) is 9.51. The molecule has 0 fully saturated rings. The number of aryl methyl sites for hydroxylation is 1. The van der Waals surface area contributed by atoms with E-state index in [2.05, 4.69) is 0 Å². The van der Waals surface area contributed by atoms with Crippen LogP contribution in [-0.2, 0) is 11.2 Å². The average Bonchev–Trinajstić information content (AvgIpc) is 2.48. The number of rotatable bonds is 7. The predicted octanol–water partition coefficient (Wildman–Crippen LogP) is 4.31. The molecule has 0 saturated carbocycles. The van der Waals surface area contributed by atoms with Gasteiger partial charge in [0.05, 0.1) is 0 Å². The molecule has 0 spiro atoms. The van der Waals surface area contributed by atoms with Gasteiger partial charge in [-0.2, -0.15) is 0 Å². The number of ether oxygens (including phenoxy) is 1. The fourth-order valence-corrected chi connectivity index (χ4v) is 2.31. The van der Waals surface area contributed by atoms with Crippen molar-refractivity contribution in [3.8, 4) is 5.75 Å². The summed E-state index contributed by atoms with van der Waals surface area (Å²) >= 11 is 0. The summed E-state index contributed by atoms with van der Waals surface area (Å²) < 4.78 is 5.39. The van der Waals surface area contributed by atoms with E-state index < -0.39 is 8.38 Å². The molecule has 0 heterocycles. The van der Waals surface area contributed by atoms with Crippen molar-refractivity contribution in [2.45, 2.75) is 34.1 Å². The molecule has 0 unspecified atom stereocenters.